The van der Waals surface area contributed by atoms with E-state index < -0.39 is 10.0 Å². The van der Waals surface area contributed by atoms with Gasteiger partial charge in [-0.1, -0.05) is 24.1 Å². The predicted molar refractivity (Wildman–Crippen MR) is 92.8 cm³/mol. The van der Waals surface area contributed by atoms with Crippen LogP contribution in [0.1, 0.15) is 19.3 Å². The second kappa shape index (κ2) is 8.50. The normalized spacial score (nSPS) is 15.7. The number of nitrogens with one attached hydrogen (secondary N) is 1. The molecule has 0 radical (unpaired) electrons. The lowest BCUT2D eigenvalue weighted by atomic mass is 10.2. The summed E-state index contributed by atoms with van der Waals surface area (Å²) in [5.41, 5.74) is 0. The standard InChI is InChI=1S/C16H21ClN2O4S/c1-2-8-18-16(20)12-23-15-7-6-13(11-14(15)17)24(21,22)19-9-4-3-5-10-19/h2,6-7,11H,1,3-5,8-10,12H2,(H,18,20). The van der Waals surface area contributed by atoms with Crippen molar-refractivity contribution in [3.8, 4) is 5.75 Å². The molecule has 1 aromatic carbocycles. The van der Waals surface area contributed by atoms with Crippen molar-refractivity contribution in [1.82, 2.24) is 9.62 Å². The number of hydrogen-bond donors (Lipinski definition) is 1. The highest BCUT2D eigenvalue weighted by atomic mass is 35.5. The van der Waals surface area contributed by atoms with Crippen LogP contribution in [-0.2, 0) is 14.8 Å². The first-order valence-electron chi connectivity index (χ1n) is 7.75. The summed E-state index contributed by atoms with van der Waals surface area (Å²) >= 11 is 6.11. The zero-order valence-corrected chi connectivity index (χ0v) is 14.9. The minimum atomic E-state index is -3.54. The Labute approximate surface area is 147 Å². The van der Waals surface area contributed by atoms with Gasteiger partial charge in [0, 0.05) is 19.6 Å². The van der Waals surface area contributed by atoms with Crippen LogP contribution >= 0.6 is 11.6 Å². The highest BCUT2D eigenvalue weighted by Gasteiger charge is 2.26. The molecule has 0 spiro atoms. The van der Waals surface area contributed by atoms with Crippen molar-refractivity contribution in [2.45, 2.75) is 24.2 Å². The van der Waals surface area contributed by atoms with Crippen molar-refractivity contribution in [3.63, 3.8) is 0 Å². The molecule has 8 heteroatoms. The number of benzene rings is 1. The zero-order valence-electron chi connectivity index (χ0n) is 13.3. The molecule has 0 saturated carbocycles. The third-order valence-corrected chi connectivity index (χ3v) is 5.85. The summed E-state index contributed by atoms with van der Waals surface area (Å²) in [7, 11) is -3.54. The van der Waals surface area contributed by atoms with Crippen LogP contribution in [0, 0.1) is 0 Å². The summed E-state index contributed by atoms with van der Waals surface area (Å²) in [5.74, 6) is -0.0426. The van der Waals surface area contributed by atoms with E-state index >= 15 is 0 Å². The number of piperidine rings is 1. The molecule has 1 heterocycles. The first-order chi connectivity index (χ1) is 11.4. The summed E-state index contributed by atoms with van der Waals surface area (Å²) in [6.07, 6.45) is 4.35. The molecule has 1 N–H and O–H groups in total. The second-order valence-corrected chi connectivity index (χ2v) is 7.78. The van der Waals surface area contributed by atoms with E-state index in [0.717, 1.165) is 19.3 Å². The number of carbonyl (C=O) groups excluding carboxylic acids is 1. The molecular formula is C16H21ClN2O4S. The van der Waals surface area contributed by atoms with E-state index in [1.807, 2.05) is 0 Å². The Hall–Kier alpha value is -1.57. The molecule has 1 saturated heterocycles. The zero-order chi connectivity index (χ0) is 17.6. The van der Waals surface area contributed by atoms with E-state index in [1.54, 1.807) is 6.08 Å². The molecule has 0 bridgehead atoms. The van der Waals surface area contributed by atoms with Crippen molar-refractivity contribution in [1.29, 1.82) is 0 Å². The van der Waals surface area contributed by atoms with Gasteiger partial charge >= 0.3 is 0 Å². The molecular weight excluding hydrogens is 352 g/mol. The number of nitrogens with zero attached hydrogens (tertiary/aromatic N) is 1. The third kappa shape index (κ3) is 4.72. The topological polar surface area (TPSA) is 75.7 Å². The van der Waals surface area contributed by atoms with Gasteiger partial charge in [-0.3, -0.25) is 4.79 Å². The minimum absolute atomic E-state index is 0.137. The first-order valence-corrected chi connectivity index (χ1v) is 9.57. The second-order valence-electron chi connectivity index (χ2n) is 5.44. The van der Waals surface area contributed by atoms with Crippen molar-refractivity contribution in [3.05, 3.63) is 35.9 Å². The van der Waals surface area contributed by atoms with Gasteiger partial charge in [0.05, 0.1) is 9.92 Å². The van der Waals surface area contributed by atoms with Crippen molar-refractivity contribution >= 4 is 27.5 Å². The van der Waals surface area contributed by atoms with Gasteiger partial charge < -0.3 is 10.1 Å². The van der Waals surface area contributed by atoms with Gasteiger partial charge in [0.25, 0.3) is 5.91 Å². The van der Waals surface area contributed by atoms with Crippen molar-refractivity contribution in [2.24, 2.45) is 0 Å². The van der Waals surface area contributed by atoms with E-state index in [2.05, 4.69) is 11.9 Å². The number of sulfonamides is 1. The molecule has 1 aliphatic heterocycles. The van der Waals surface area contributed by atoms with Crippen LogP contribution in [0.3, 0.4) is 0 Å². The third-order valence-electron chi connectivity index (χ3n) is 3.66. The Morgan fingerprint density at radius 3 is 2.67 bits per heavy atom. The molecule has 1 aromatic rings. The van der Waals surface area contributed by atoms with Gasteiger partial charge in [0.2, 0.25) is 10.0 Å². The van der Waals surface area contributed by atoms with Crippen LogP contribution in [0.5, 0.6) is 5.75 Å². The molecule has 132 valence electrons. The fraction of sp³-hybridized carbons (Fsp3) is 0.438. The number of rotatable bonds is 7. The number of carbonyl (C=O) groups is 1. The van der Waals surface area contributed by atoms with Crippen LogP contribution in [0.25, 0.3) is 0 Å². The number of hydrogen-bond acceptors (Lipinski definition) is 4. The fourth-order valence-electron chi connectivity index (χ4n) is 2.39. The minimum Gasteiger partial charge on any atom is -0.482 e. The number of halogens is 1. The summed E-state index contributed by atoms with van der Waals surface area (Å²) in [6, 6.07) is 4.29. The maximum absolute atomic E-state index is 12.6. The molecule has 0 unspecified atom stereocenters. The lowest BCUT2D eigenvalue weighted by molar-refractivity contribution is -0.122. The highest BCUT2D eigenvalue weighted by molar-refractivity contribution is 7.89. The van der Waals surface area contributed by atoms with Gasteiger partial charge in [0.1, 0.15) is 5.75 Å². The highest BCUT2D eigenvalue weighted by Crippen LogP contribution is 2.29. The van der Waals surface area contributed by atoms with Gasteiger partial charge in [-0.25, -0.2) is 8.42 Å². The molecule has 1 aliphatic rings. The van der Waals surface area contributed by atoms with Crippen LogP contribution in [0.2, 0.25) is 5.02 Å². The van der Waals surface area contributed by atoms with Crippen LogP contribution < -0.4 is 10.1 Å². The summed E-state index contributed by atoms with van der Waals surface area (Å²) < 4.78 is 32.0. The average Bonchev–Trinajstić information content (AvgIpc) is 2.59. The van der Waals surface area contributed by atoms with Gasteiger partial charge in [-0.2, -0.15) is 4.31 Å². The summed E-state index contributed by atoms with van der Waals surface area (Å²) in [5, 5.41) is 2.73. The Bertz CT molecular complexity index is 700. The molecule has 0 atom stereocenters. The Kier molecular flexibility index (Phi) is 6.65. The first kappa shape index (κ1) is 18.8. The lowest BCUT2D eigenvalue weighted by Crippen LogP contribution is -2.35. The monoisotopic (exact) mass is 372 g/mol. The summed E-state index contributed by atoms with van der Waals surface area (Å²) in [6.45, 7) is 4.71. The van der Waals surface area contributed by atoms with Crippen LogP contribution in [0.15, 0.2) is 35.7 Å². The molecule has 0 aliphatic carbocycles. The average molecular weight is 373 g/mol. The van der Waals surface area contributed by atoms with Crippen LogP contribution in [-0.4, -0.2) is 44.9 Å². The van der Waals surface area contributed by atoms with Crippen molar-refractivity contribution < 1.29 is 17.9 Å². The fourth-order valence-corrected chi connectivity index (χ4v) is 4.24. The van der Waals surface area contributed by atoms with Gasteiger partial charge in [-0.15, -0.1) is 6.58 Å². The largest absolute Gasteiger partial charge is 0.482 e. The van der Waals surface area contributed by atoms with E-state index in [9.17, 15) is 13.2 Å². The lowest BCUT2D eigenvalue weighted by Gasteiger charge is -2.26. The van der Waals surface area contributed by atoms with Crippen LogP contribution in [0.4, 0.5) is 0 Å². The predicted octanol–water partition coefficient (Wildman–Crippen LogP) is 2.20. The van der Waals surface area contributed by atoms with E-state index in [-0.39, 0.29) is 28.2 Å². The maximum Gasteiger partial charge on any atom is 0.258 e. The number of ether oxygens (including phenoxy) is 1. The molecule has 0 aromatic heterocycles. The van der Waals surface area contributed by atoms with E-state index in [0.29, 0.717) is 19.6 Å². The quantitative estimate of drug-likeness (QED) is 0.744. The molecule has 1 fully saturated rings. The number of amides is 1. The molecule has 6 nitrogen and oxygen atoms in total. The molecule has 2 rings (SSSR count). The summed E-state index contributed by atoms with van der Waals surface area (Å²) in [4.78, 5) is 11.6. The van der Waals surface area contributed by atoms with E-state index in [1.165, 1.54) is 22.5 Å². The molecule has 1 amide bonds. The van der Waals surface area contributed by atoms with E-state index in [4.69, 9.17) is 16.3 Å². The SMILES string of the molecule is C=CCNC(=O)COc1ccc(S(=O)(=O)N2CCCCC2)cc1Cl. The Morgan fingerprint density at radius 1 is 1.33 bits per heavy atom. The Morgan fingerprint density at radius 2 is 2.04 bits per heavy atom. The smallest absolute Gasteiger partial charge is 0.258 e. The maximum atomic E-state index is 12.6. The Balaban J connectivity index is 2.06. The van der Waals surface area contributed by atoms with Gasteiger partial charge in [-0.05, 0) is 31.0 Å². The van der Waals surface area contributed by atoms with Crippen molar-refractivity contribution in [2.75, 3.05) is 26.2 Å². The molecule has 24 heavy (non-hydrogen) atoms. The van der Waals surface area contributed by atoms with Gasteiger partial charge in [0.15, 0.2) is 6.61 Å².